The third-order valence-corrected chi connectivity index (χ3v) is 3.93. The Morgan fingerprint density at radius 3 is 2.44 bits per heavy atom. The monoisotopic (exact) mass is 254 g/mol. The molecule has 18 heavy (non-hydrogen) atoms. The minimum Gasteiger partial charge on any atom is -0.481 e. The van der Waals surface area contributed by atoms with E-state index in [1.165, 1.54) is 19.3 Å². The molecule has 0 aromatic carbocycles. The Labute approximate surface area is 108 Å². The van der Waals surface area contributed by atoms with E-state index in [2.05, 4.69) is 5.32 Å². The first-order valence-corrected chi connectivity index (χ1v) is 6.89. The summed E-state index contributed by atoms with van der Waals surface area (Å²) in [6.45, 7) is 1.86. The van der Waals surface area contributed by atoms with Gasteiger partial charge in [-0.3, -0.25) is 9.59 Å². The van der Waals surface area contributed by atoms with Crippen LogP contribution in [0.15, 0.2) is 0 Å². The Bertz CT molecular complexity index is 307. The number of aliphatic carboxylic acids is 1. The van der Waals surface area contributed by atoms with Crippen molar-refractivity contribution in [3.63, 3.8) is 0 Å². The number of likely N-dealkylation sites (tertiary alicyclic amines) is 1. The molecule has 1 saturated heterocycles. The van der Waals surface area contributed by atoms with Crippen LogP contribution in [0.2, 0.25) is 0 Å². The first-order chi connectivity index (χ1) is 8.65. The number of amides is 1. The number of carboxylic acids is 1. The van der Waals surface area contributed by atoms with E-state index in [0.29, 0.717) is 32.1 Å². The fraction of sp³-hybridized carbons (Fsp3) is 0.846. The van der Waals surface area contributed by atoms with E-state index < -0.39 is 5.97 Å². The average molecular weight is 254 g/mol. The van der Waals surface area contributed by atoms with Crippen LogP contribution < -0.4 is 5.32 Å². The van der Waals surface area contributed by atoms with Crippen molar-refractivity contribution < 1.29 is 14.7 Å². The SMILES string of the molecule is O=C(CCN1CC(C(=O)O)C1)NC1CCCCC1. The quantitative estimate of drug-likeness (QED) is 0.763. The smallest absolute Gasteiger partial charge is 0.309 e. The molecule has 2 rings (SSSR count). The second-order valence-corrected chi connectivity index (χ2v) is 5.45. The summed E-state index contributed by atoms with van der Waals surface area (Å²) in [4.78, 5) is 24.4. The van der Waals surface area contributed by atoms with Crippen molar-refractivity contribution in [1.82, 2.24) is 10.2 Å². The van der Waals surface area contributed by atoms with Gasteiger partial charge in [0.25, 0.3) is 0 Å². The van der Waals surface area contributed by atoms with E-state index in [1.807, 2.05) is 4.90 Å². The number of carboxylic acid groups (broad SMARTS) is 1. The molecule has 0 aromatic rings. The molecule has 0 spiro atoms. The fourth-order valence-electron chi connectivity index (χ4n) is 2.72. The summed E-state index contributed by atoms with van der Waals surface area (Å²) in [5, 5.41) is 11.8. The summed E-state index contributed by atoms with van der Waals surface area (Å²) in [7, 11) is 0. The van der Waals surface area contributed by atoms with E-state index >= 15 is 0 Å². The number of nitrogens with one attached hydrogen (secondary N) is 1. The molecular weight excluding hydrogens is 232 g/mol. The minimum atomic E-state index is -0.724. The van der Waals surface area contributed by atoms with E-state index in [0.717, 1.165) is 12.8 Å². The molecule has 1 aliphatic heterocycles. The zero-order chi connectivity index (χ0) is 13.0. The van der Waals surface area contributed by atoms with Gasteiger partial charge in [0.15, 0.2) is 0 Å². The molecule has 1 aliphatic carbocycles. The predicted octanol–water partition coefficient (Wildman–Crippen LogP) is 0.842. The highest BCUT2D eigenvalue weighted by atomic mass is 16.4. The molecule has 5 nitrogen and oxygen atoms in total. The zero-order valence-electron chi connectivity index (χ0n) is 10.7. The van der Waals surface area contributed by atoms with Crippen molar-refractivity contribution in [2.75, 3.05) is 19.6 Å². The normalized spacial score (nSPS) is 22.4. The fourth-order valence-corrected chi connectivity index (χ4v) is 2.72. The minimum absolute atomic E-state index is 0.112. The second-order valence-electron chi connectivity index (χ2n) is 5.45. The largest absolute Gasteiger partial charge is 0.481 e. The highest BCUT2D eigenvalue weighted by Gasteiger charge is 2.32. The van der Waals surface area contributed by atoms with E-state index in [4.69, 9.17) is 5.11 Å². The van der Waals surface area contributed by atoms with Crippen molar-refractivity contribution in [2.45, 2.75) is 44.6 Å². The maximum absolute atomic E-state index is 11.7. The number of rotatable bonds is 5. The lowest BCUT2D eigenvalue weighted by molar-refractivity contribution is -0.147. The van der Waals surface area contributed by atoms with E-state index in [-0.39, 0.29) is 11.8 Å². The Morgan fingerprint density at radius 1 is 1.17 bits per heavy atom. The molecular formula is C13H22N2O3. The molecule has 0 aromatic heterocycles. The molecule has 2 N–H and O–H groups in total. The summed E-state index contributed by atoms with van der Waals surface area (Å²) in [6.07, 6.45) is 6.43. The Balaban J connectivity index is 1.56. The maximum atomic E-state index is 11.7. The van der Waals surface area contributed by atoms with Gasteiger partial charge in [-0.15, -0.1) is 0 Å². The van der Waals surface area contributed by atoms with Gasteiger partial charge in [-0.1, -0.05) is 19.3 Å². The first kappa shape index (κ1) is 13.3. The summed E-state index contributed by atoms with van der Waals surface area (Å²) < 4.78 is 0. The zero-order valence-corrected chi connectivity index (χ0v) is 10.7. The van der Waals surface area contributed by atoms with Crippen LogP contribution in [0.5, 0.6) is 0 Å². The van der Waals surface area contributed by atoms with Crippen LogP contribution in [0.4, 0.5) is 0 Å². The van der Waals surface area contributed by atoms with Crippen LogP contribution in [0.3, 0.4) is 0 Å². The molecule has 1 saturated carbocycles. The topological polar surface area (TPSA) is 69.6 Å². The lowest BCUT2D eigenvalue weighted by Crippen LogP contribution is -2.51. The van der Waals surface area contributed by atoms with Gasteiger partial charge >= 0.3 is 5.97 Å². The van der Waals surface area contributed by atoms with Crippen LogP contribution in [-0.2, 0) is 9.59 Å². The Kier molecular flexibility index (Phi) is 4.58. The van der Waals surface area contributed by atoms with Crippen molar-refractivity contribution in [3.8, 4) is 0 Å². The molecule has 102 valence electrons. The average Bonchev–Trinajstić information content (AvgIpc) is 2.27. The van der Waals surface area contributed by atoms with Crippen LogP contribution in [-0.4, -0.2) is 47.6 Å². The van der Waals surface area contributed by atoms with Crippen molar-refractivity contribution >= 4 is 11.9 Å². The van der Waals surface area contributed by atoms with Crippen molar-refractivity contribution in [3.05, 3.63) is 0 Å². The molecule has 1 heterocycles. The number of carbonyl (C=O) groups is 2. The second kappa shape index (κ2) is 6.18. The number of hydrogen-bond acceptors (Lipinski definition) is 3. The molecule has 2 aliphatic rings. The maximum Gasteiger partial charge on any atom is 0.309 e. The Hall–Kier alpha value is -1.10. The number of hydrogen-bond donors (Lipinski definition) is 2. The summed E-state index contributed by atoms with van der Waals surface area (Å²) >= 11 is 0. The van der Waals surface area contributed by atoms with Crippen molar-refractivity contribution in [2.24, 2.45) is 5.92 Å². The molecule has 0 atom stereocenters. The number of nitrogens with zero attached hydrogens (tertiary/aromatic N) is 1. The molecule has 2 fully saturated rings. The highest BCUT2D eigenvalue weighted by molar-refractivity contribution is 5.76. The molecule has 0 unspecified atom stereocenters. The van der Waals surface area contributed by atoms with Gasteiger partial charge in [0.2, 0.25) is 5.91 Å². The standard InChI is InChI=1S/C13H22N2O3/c16-12(14-11-4-2-1-3-5-11)6-7-15-8-10(9-15)13(17)18/h10-11H,1-9H2,(H,14,16)(H,17,18). The summed E-state index contributed by atoms with van der Waals surface area (Å²) in [5.74, 6) is -0.843. The van der Waals surface area contributed by atoms with Gasteiger partial charge in [0, 0.05) is 32.1 Å². The van der Waals surface area contributed by atoms with Crippen LogP contribution in [0.25, 0.3) is 0 Å². The number of carbonyl (C=O) groups excluding carboxylic acids is 1. The van der Waals surface area contributed by atoms with Gasteiger partial charge in [-0.05, 0) is 12.8 Å². The van der Waals surface area contributed by atoms with Crippen LogP contribution >= 0.6 is 0 Å². The van der Waals surface area contributed by atoms with Crippen LogP contribution in [0, 0.1) is 5.92 Å². The third-order valence-electron chi connectivity index (χ3n) is 3.93. The van der Waals surface area contributed by atoms with Gasteiger partial charge < -0.3 is 15.3 Å². The summed E-state index contributed by atoms with van der Waals surface area (Å²) in [5.41, 5.74) is 0. The van der Waals surface area contributed by atoms with Crippen molar-refractivity contribution in [1.29, 1.82) is 0 Å². The first-order valence-electron chi connectivity index (χ1n) is 6.89. The Morgan fingerprint density at radius 2 is 1.83 bits per heavy atom. The molecule has 1 amide bonds. The lowest BCUT2D eigenvalue weighted by atomic mass is 9.95. The van der Waals surface area contributed by atoms with Gasteiger partial charge in [0.05, 0.1) is 5.92 Å². The van der Waals surface area contributed by atoms with Gasteiger partial charge in [-0.25, -0.2) is 0 Å². The third kappa shape index (κ3) is 3.70. The highest BCUT2D eigenvalue weighted by Crippen LogP contribution is 2.18. The molecule has 5 heteroatoms. The van der Waals surface area contributed by atoms with Gasteiger partial charge in [0.1, 0.15) is 0 Å². The summed E-state index contributed by atoms with van der Waals surface area (Å²) in [6, 6.07) is 0.370. The van der Waals surface area contributed by atoms with E-state index in [1.54, 1.807) is 0 Å². The molecule has 0 bridgehead atoms. The van der Waals surface area contributed by atoms with E-state index in [9.17, 15) is 9.59 Å². The van der Waals surface area contributed by atoms with Crippen LogP contribution in [0.1, 0.15) is 38.5 Å². The predicted molar refractivity (Wildman–Crippen MR) is 67.2 cm³/mol. The molecule has 0 radical (unpaired) electrons. The lowest BCUT2D eigenvalue weighted by Gasteiger charge is -2.36. The van der Waals surface area contributed by atoms with Gasteiger partial charge in [-0.2, -0.15) is 0 Å².